The molecule has 3 nitrogen and oxygen atoms in total. The Morgan fingerprint density at radius 2 is 1.73 bits per heavy atom. The molecular formula is C9H16F3NO2. The highest BCUT2D eigenvalue weighted by molar-refractivity contribution is 5.66. The minimum Gasteiger partial charge on any atom is -0.481 e. The molecule has 90 valence electrons. The van der Waals surface area contributed by atoms with Crippen LogP contribution in [0.4, 0.5) is 13.2 Å². The highest BCUT2D eigenvalue weighted by atomic mass is 19.4. The average molecular weight is 227 g/mol. The fraction of sp³-hybridized carbons (Fsp3) is 0.889. The van der Waals surface area contributed by atoms with Crippen molar-refractivity contribution in [3.8, 4) is 0 Å². The van der Waals surface area contributed by atoms with Crippen molar-refractivity contribution < 1.29 is 23.1 Å². The summed E-state index contributed by atoms with van der Waals surface area (Å²) in [6.45, 7) is 3.70. The van der Waals surface area contributed by atoms with Gasteiger partial charge in [0.2, 0.25) is 0 Å². The molecule has 0 aliphatic rings. The topological polar surface area (TPSA) is 40.5 Å². The number of aliphatic carboxylic acids is 1. The summed E-state index contributed by atoms with van der Waals surface area (Å²) in [5.41, 5.74) is -0.690. The molecule has 0 radical (unpaired) electrons. The lowest BCUT2D eigenvalue weighted by Gasteiger charge is -2.35. The Morgan fingerprint density at radius 3 is 2.00 bits per heavy atom. The van der Waals surface area contributed by atoms with Gasteiger partial charge < -0.3 is 5.11 Å². The van der Waals surface area contributed by atoms with Crippen molar-refractivity contribution in [3.63, 3.8) is 0 Å². The Balaban J connectivity index is 4.40. The molecule has 0 aromatic rings. The molecule has 0 amide bonds. The number of alkyl halides is 3. The van der Waals surface area contributed by atoms with Crippen LogP contribution in [0.3, 0.4) is 0 Å². The molecule has 1 N–H and O–H groups in total. The SMILES string of the molecule is CC(C)(C)N(CCC(=O)O)CC(F)(F)F. The third kappa shape index (κ3) is 7.18. The van der Waals surface area contributed by atoms with Gasteiger partial charge in [-0.3, -0.25) is 9.69 Å². The third-order valence-corrected chi connectivity index (χ3v) is 1.91. The lowest BCUT2D eigenvalue weighted by molar-refractivity contribution is -0.158. The second-order valence-electron chi connectivity index (χ2n) is 4.35. The highest BCUT2D eigenvalue weighted by Crippen LogP contribution is 2.22. The van der Waals surface area contributed by atoms with Gasteiger partial charge in [-0.1, -0.05) is 0 Å². The van der Waals surface area contributed by atoms with E-state index in [2.05, 4.69) is 0 Å². The number of rotatable bonds is 4. The van der Waals surface area contributed by atoms with Gasteiger partial charge in [-0.2, -0.15) is 13.2 Å². The quantitative estimate of drug-likeness (QED) is 0.799. The van der Waals surface area contributed by atoms with Gasteiger partial charge >= 0.3 is 12.1 Å². The predicted molar refractivity (Wildman–Crippen MR) is 49.6 cm³/mol. The Kier molecular flexibility index (Phi) is 4.58. The average Bonchev–Trinajstić information content (AvgIpc) is 1.93. The molecule has 6 heteroatoms. The Morgan fingerprint density at radius 1 is 1.27 bits per heavy atom. The second-order valence-corrected chi connectivity index (χ2v) is 4.35. The van der Waals surface area contributed by atoms with Crippen LogP contribution < -0.4 is 0 Å². The van der Waals surface area contributed by atoms with E-state index < -0.39 is 24.2 Å². The van der Waals surface area contributed by atoms with Crippen LogP contribution in [0.15, 0.2) is 0 Å². The van der Waals surface area contributed by atoms with Crippen LogP contribution in [0.5, 0.6) is 0 Å². The smallest absolute Gasteiger partial charge is 0.401 e. The number of hydrogen-bond acceptors (Lipinski definition) is 2. The zero-order chi connectivity index (χ0) is 12.3. The minimum absolute atomic E-state index is 0.0989. The van der Waals surface area contributed by atoms with E-state index in [-0.39, 0.29) is 13.0 Å². The van der Waals surface area contributed by atoms with E-state index in [1.165, 1.54) is 0 Å². The van der Waals surface area contributed by atoms with Crippen molar-refractivity contribution in [2.45, 2.75) is 38.9 Å². The van der Waals surface area contributed by atoms with Gasteiger partial charge in [0, 0.05) is 12.1 Å². The molecule has 0 aromatic heterocycles. The fourth-order valence-electron chi connectivity index (χ4n) is 1.10. The summed E-state index contributed by atoms with van der Waals surface area (Å²) in [4.78, 5) is 11.4. The van der Waals surface area contributed by atoms with E-state index in [0.717, 1.165) is 4.90 Å². The van der Waals surface area contributed by atoms with Gasteiger partial charge in [-0.25, -0.2) is 0 Å². The van der Waals surface area contributed by atoms with Crippen molar-refractivity contribution in [2.75, 3.05) is 13.1 Å². The van der Waals surface area contributed by atoms with Gasteiger partial charge in [0.25, 0.3) is 0 Å². The van der Waals surface area contributed by atoms with Crippen molar-refractivity contribution in [1.29, 1.82) is 0 Å². The van der Waals surface area contributed by atoms with Crippen molar-refractivity contribution >= 4 is 5.97 Å². The Labute approximate surface area is 86.9 Å². The van der Waals surface area contributed by atoms with E-state index in [0.29, 0.717) is 0 Å². The molecule has 0 rings (SSSR count). The van der Waals surface area contributed by atoms with E-state index in [1.807, 2.05) is 0 Å². The van der Waals surface area contributed by atoms with E-state index in [4.69, 9.17) is 5.11 Å². The first-order valence-electron chi connectivity index (χ1n) is 4.56. The number of hydrogen-bond donors (Lipinski definition) is 1. The van der Waals surface area contributed by atoms with Crippen LogP contribution >= 0.6 is 0 Å². The van der Waals surface area contributed by atoms with Crippen LogP contribution in [0.1, 0.15) is 27.2 Å². The minimum atomic E-state index is -4.30. The van der Waals surface area contributed by atoms with Crippen molar-refractivity contribution in [2.24, 2.45) is 0 Å². The molecule has 0 spiro atoms. The highest BCUT2D eigenvalue weighted by Gasteiger charge is 2.35. The molecule has 0 aromatic carbocycles. The number of carboxylic acid groups (broad SMARTS) is 1. The summed E-state index contributed by atoms with van der Waals surface area (Å²) in [6.07, 6.45) is -4.58. The Bertz CT molecular complexity index is 220. The maximum Gasteiger partial charge on any atom is 0.401 e. The summed E-state index contributed by atoms with van der Waals surface area (Å²) in [5.74, 6) is -1.09. The van der Waals surface area contributed by atoms with Gasteiger partial charge in [0.1, 0.15) is 0 Å². The summed E-state index contributed by atoms with van der Waals surface area (Å²) >= 11 is 0. The molecule has 0 atom stereocenters. The maximum atomic E-state index is 12.2. The summed E-state index contributed by atoms with van der Waals surface area (Å²) in [7, 11) is 0. The predicted octanol–water partition coefficient (Wildman–Crippen LogP) is 2.12. The number of carboxylic acids is 1. The second kappa shape index (κ2) is 4.83. The lowest BCUT2D eigenvalue weighted by atomic mass is 10.1. The molecule has 15 heavy (non-hydrogen) atoms. The lowest BCUT2D eigenvalue weighted by Crippen LogP contribution is -2.47. The van der Waals surface area contributed by atoms with E-state index in [9.17, 15) is 18.0 Å². The number of nitrogens with zero attached hydrogens (tertiary/aromatic N) is 1. The molecule has 0 saturated carbocycles. The van der Waals surface area contributed by atoms with Crippen molar-refractivity contribution in [3.05, 3.63) is 0 Å². The van der Waals surface area contributed by atoms with E-state index >= 15 is 0 Å². The molecular weight excluding hydrogens is 211 g/mol. The maximum absolute atomic E-state index is 12.2. The first kappa shape index (κ1) is 14.2. The normalized spacial score (nSPS) is 13.3. The first-order chi connectivity index (χ1) is 6.52. The molecule has 0 aliphatic heterocycles. The third-order valence-electron chi connectivity index (χ3n) is 1.91. The summed E-state index contributed by atoms with van der Waals surface area (Å²) < 4.78 is 36.5. The zero-order valence-electron chi connectivity index (χ0n) is 9.06. The molecule has 0 fully saturated rings. The molecule has 0 aliphatic carbocycles. The fourth-order valence-corrected chi connectivity index (χ4v) is 1.10. The van der Waals surface area contributed by atoms with Crippen LogP contribution in [-0.4, -0.2) is 40.8 Å². The van der Waals surface area contributed by atoms with Gasteiger partial charge in [0.15, 0.2) is 0 Å². The van der Waals surface area contributed by atoms with Gasteiger partial charge in [0.05, 0.1) is 13.0 Å². The van der Waals surface area contributed by atoms with Crippen LogP contribution in [0, 0.1) is 0 Å². The monoisotopic (exact) mass is 227 g/mol. The van der Waals surface area contributed by atoms with Crippen LogP contribution in [0.2, 0.25) is 0 Å². The standard InChI is InChI=1S/C9H16F3NO2/c1-8(2,3)13(5-4-7(14)15)6-9(10,11)12/h4-6H2,1-3H3,(H,14,15). The van der Waals surface area contributed by atoms with Crippen molar-refractivity contribution in [1.82, 2.24) is 4.90 Å². The molecule has 0 saturated heterocycles. The Hall–Kier alpha value is -0.780. The van der Waals surface area contributed by atoms with Crippen LogP contribution in [-0.2, 0) is 4.79 Å². The summed E-state index contributed by atoms with van der Waals surface area (Å²) in [6, 6.07) is 0. The van der Waals surface area contributed by atoms with E-state index in [1.54, 1.807) is 20.8 Å². The molecule has 0 bridgehead atoms. The van der Waals surface area contributed by atoms with Gasteiger partial charge in [-0.15, -0.1) is 0 Å². The molecule has 0 unspecified atom stereocenters. The molecule has 0 heterocycles. The van der Waals surface area contributed by atoms with Crippen LogP contribution in [0.25, 0.3) is 0 Å². The number of carbonyl (C=O) groups is 1. The largest absolute Gasteiger partial charge is 0.481 e. The van der Waals surface area contributed by atoms with Gasteiger partial charge in [-0.05, 0) is 20.8 Å². The first-order valence-corrected chi connectivity index (χ1v) is 4.56. The summed E-state index contributed by atoms with van der Waals surface area (Å²) in [5, 5.41) is 8.42. The zero-order valence-corrected chi connectivity index (χ0v) is 9.06. The number of halogens is 3.